The molecule has 0 bridgehead atoms. The molecule has 6 heteroatoms. The predicted octanol–water partition coefficient (Wildman–Crippen LogP) is 3.26. The van der Waals surface area contributed by atoms with Crippen LogP contribution in [0.2, 0.25) is 0 Å². The summed E-state index contributed by atoms with van der Waals surface area (Å²) in [7, 11) is 0. The molecule has 3 aromatic rings. The molecule has 0 saturated carbocycles. The molecule has 0 radical (unpaired) electrons. The van der Waals surface area contributed by atoms with E-state index < -0.39 is 0 Å². The highest BCUT2D eigenvalue weighted by Crippen LogP contribution is 2.33. The second-order valence-electron chi connectivity index (χ2n) is 6.22. The number of hydrogen-bond donors (Lipinski definition) is 0. The Hall–Kier alpha value is -3.33. The van der Waals surface area contributed by atoms with Crippen LogP contribution in [-0.4, -0.2) is 19.9 Å². The quantitative estimate of drug-likeness (QED) is 0.723. The zero-order chi connectivity index (χ0) is 17.8. The van der Waals surface area contributed by atoms with Gasteiger partial charge in [0.05, 0.1) is 0 Å². The van der Waals surface area contributed by atoms with Crippen LogP contribution in [0.1, 0.15) is 35.4 Å². The molecule has 1 aliphatic carbocycles. The Balaban J connectivity index is 1.65. The van der Waals surface area contributed by atoms with Crippen LogP contribution in [-0.2, 0) is 19.4 Å². The van der Waals surface area contributed by atoms with Crippen molar-refractivity contribution in [3.8, 4) is 23.1 Å². The summed E-state index contributed by atoms with van der Waals surface area (Å²) in [6.45, 7) is 0.341. The monoisotopic (exact) mass is 343 g/mol. The zero-order valence-corrected chi connectivity index (χ0v) is 14.2. The Labute approximate surface area is 151 Å². The lowest BCUT2D eigenvalue weighted by Crippen LogP contribution is -2.09. The van der Waals surface area contributed by atoms with Gasteiger partial charge in [-0.05, 0) is 54.5 Å². The molecule has 0 aromatic carbocycles. The van der Waals surface area contributed by atoms with Gasteiger partial charge in [-0.3, -0.25) is 0 Å². The number of nitrogens with zero attached hydrogens (tertiary/aromatic N) is 5. The number of hydrogen-bond acceptors (Lipinski definition) is 6. The Morgan fingerprint density at radius 2 is 1.96 bits per heavy atom. The third-order valence-corrected chi connectivity index (χ3v) is 4.47. The first kappa shape index (κ1) is 16.2. The van der Waals surface area contributed by atoms with Gasteiger partial charge in [0.15, 0.2) is 0 Å². The highest BCUT2D eigenvalue weighted by atomic mass is 16.5. The van der Waals surface area contributed by atoms with E-state index in [4.69, 9.17) is 15.0 Å². The topological polar surface area (TPSA) is 84.6 Å². The lowest BCUT2D eigenvalue weighted by Gasteiger charge is -2.20. The van der Waals surface area contributed by atoms with E-state index in [2.05, 4.69) is 15.0 Å². The van der Waals surface area contributed by atoms with Gasteiger partial charge in [0.25, 0.3) is 0 Å². The van der Waals surface area contributed by atoms with Crippen molar-refractivity contribution >= 4 is 0 Å². The van der Waals surface area contributed by atoms with Crippen LogP contribution in [0.4, 0.5) is 0 Å². The molecule has 3 heterocycles. The Kier molecular flexibility index (Phi) is 4.52. The number of pyridine rings is 2. The minimum Gasteiger partial charge on any atom is -0.473 e. The van der Waals surface area contributed by atoms with E-state index in [1.54, 1.807) is 12.3 Å². The molecule has 1 aliphatic rings. The van der Waals surface area contributed by atoms with E-state index in [1.165, 1.54) is 18.3 Å². The maximum Gasteiger partial charge on any atom is 0.214 e. The Morgan fingerprint density at radius 3 is 2.81 bits per heavy atom. The minimum absolute atomic E-state index is 0.341. The van der Waals surface area contributed by atoms with Crippen molar-refractivity contribution in [1.82, 2.24) is 19.9 Å². The molecule has 0 fully saturated rings. The molecule has 0 saturated heterocycles. The highest BCUT2D eigenvalue weighted by Gasteiger charge is 2.18. The van der Waals surface area contributed by atoms with Gasteiger partial charge >= 0.3 is 0 Å². The highest BCUT2D eigenvalue weighted by molar-refractivity contribution is 5.68. The van der Waals surface area contributed by atoms with Gasteiger partial charge in [-0.15, -0.1) is 0 Å². The number of aromatic nitrogens is 4. The fourth-order valence-electron chi connectivity index (χ4n) is 3.23. The van der Waals surface area contributed by atoms with Crippen LogP contribution in [0.5, 0.6) is 5.88 Å². The first-order valence-corrected chi connectivity index (χ1v) is 8.59. The Bertz CT molecular complexity index is 966. The summed E-state index contributed by atoms with van der Waals surface area (Å²) in [6, 6.07) is 7.57. The van der Waals surface area contributed by atoms with Crippen molar-refractivity contribution in [3.05, 3.63) is 65.6 Å². The SMILES string of the molecule is N#Cc1cc(COc2cc(-c3cncnc3)c3c(n2)CCCC3)ccn1. The van der Waals surface area contributed by atoms with Gasteiger partial charge < -0.3 is 4.74 Å². The number of aryl methyl sites for hydroxylation is 1. The molecular formula is C20H17N5O. The van der Waals surface area contributed by atoms with Gasteiger partial charge in [0.1, 0.15) is 24.7 Å². The third kappa shape index (κ3) is 3.38. The summed E-state index contributed by atoms with van der Waals surface area (Å²) in [5, 5.41) is 8.96. The van der Waals surface area contributed by atoms with Gasteiger partial charge in [-0.1, -0.05) is 0 Å². The van der Waals surface area contributed by atoms with Crippen LogP contribution < -0.4 is 4.74 Å². The number of nitriles is 1. The van der Waals surface area contributed by atoms with Gasteiger partial charge in [0, 0.05) is 35.9 Å². The van der Waals surface area contributed by atoms with E-state index in [9.17, 15) is 0 Å². The van der Waals surface area contributed by atoms with Crippen molar-refractivity contribution in [1.29, 1.82) is 5.26 Å². The first-order chi connectivity index (χ1) is 12.8. The predicted molar refractivity (Wildman–Crippen MR) is 95.2 cm³/mol. The van der Waals surface area contributed by atoms with E-state index >= 15 is 0 Å². The molecule has 0 N–H and O–H groups in total. The lowest BCUT2D eigenvalue weighted by molar-refractivity contribution is 0.292. The molecule has 6 nitrogen and oxygen atoms in total. The van der Waals surface area contributed by atoms with Crippen molar-refractivity contribution < 1.29 is 4.74 Å². The lowest BCUT2D eigenvalue weighted by atomic mass is 9.90. The standard InChI is InChI=1S/C20H17N5O/c21-9-16-7-14(5-6-24-16)12-26-20-8-18(15-10-22-13-23-11-15)17-3-1-2-4-19(17)25-20/h5-8,10-11,13H,1-4,12H2. The van der Waals surface area contributed by atoms with Crippen molar-refractivity contribution in [2.45, 2.75) is 32.3 Å². The van der Waals surface area contributed by atoms with Gasteiger partial charge in [-0.2, -0.15) is 5.26 Å². The third-order valence-electron chi connectivity index (χ3n) is 4.47. The van der Waals surface area contributed by atoms with E-state index in [0.29, 0.717) is 18.2 Å². The summed E-state index contributed by atoms with van der Waals surface area (Å²) >= 11 is 0. The molecule has 0 spiro atoms. The maximum absolute atomic E-state index is 8.96. The normalized spacial score (nSPS) is 12.9. The van der Waals surface area contributed by atoms with E-state index in [1.807, 2.05) is 30.6 Å². The van der Waals surface area contributed by atoms with Crippen LogP contribution in [0, 0.1) is 11.3 Å². The fraction of sp³-hybridized carbons (Fsp3) is 0.250. The Morgan fingerprint density at radius 1 is 1.12 bits per heavy atom. The van der Waals surface area contributed by atoms with Crippen molar-refractivity contribution in [2.75, 3.05) is 0 Å². The number of rotatable bonds is 4. The van der Waals surface area contributed by atoms with Gasteiger partial charge in [0.2, 0.25) is 5.88 Å². The molecular weight excluding hydrogens is 326 g/mol. The summed E-state index contributed by atoms with van der Waals surface area (Å²) in [6.07, 6.45) is 11.1. The maximum atomic E-state index is 8.96. The molecule has 0 aliphatic heterocycles. The fourth-order valence-corrected chi connectivity index (χ4v) is 3.23. The smallest absolute Gasteiger partial charge is 0.214 e. The summed E-state index contributed by atoms with van der Waals surface area (Å²) < 4.78 is 5.93. The van der Waals surface area contributed by atoms with Crippen LogP contribution in [0.15, 0.2) is 43.1 Å². The summed E-state index contributed by atoms with van der Waals surface area (Å²) in [5.74, 6) is 0.583. The minimum atomic E-state index is 0.341. The molecule has 0 atom stereocenters. The summed E-state index contributed by atoms with van der Waals surface area (Å²) in [4.78, 5) is 17.0. The van der Waals surface area contributed by atoms with Gasteiger partial charge in [-0.25, -0.2) is 19.9 Å². The average Bonchev–Trinajstić information content (AvgIpc) is 2.72. The van der Waals surface area contributed by atoms with Crippen molar-refractivity contribution in [3.63, 3.8) is 0 Å². The molecule has 3 aromatic heterocycles. The van der Waals surface area contributed by atoms with Crippen LogP contribution >= 0.6 is 0 Å². The largest absolute Gasteiger partial charge is 0.473 e. The molecule has 26 heavy (non-hydrogen) atoms. The molecule has 128 valence electrons. The first-order valence-electron chi connectivity index (χ1n) is 8.59. The summed E-state index contributed by atoms with van der Waals surface area (Å²) in [5.41, 5.74) is 5.72. The number of fused-ring (bicyclic) bond motifs is 1. The average molecular weight is 343 g/mol. The second kappa shape index (κ2) is 7.28. The van der Waals surface area contributed by atoms with E-state index in [-0.39, 0.29) is 0 Å². The second-order valence-corrected chi connectivity index (χ2v) is 6.22. The molecule has 0 unspecified atom stereocenters. The zero-order valence-electron chi connectivity index (χ0n) is 14.2. The van der Waals surface area contributed by atoms with Crippen LogP contribution in [0.25, 0.3) is 11.1 Å². The molecule has 0 amide bonds. The van der Waals surface area contributed by atoms with Crippen LogP contribution in [0.3, 0.4) is 0 Å². The van der Waals surface area contributed by atoms with E-state index in [0.717, 1.165) is 41.6 Å². The van der Waals surface area contributed by atoms with Crippen molar-refractivity contribution in [2.24, 2.45) is 0 Å². The number of ether oxygens (including phenoxy) is 1. The molecule has 4 rings (SSSR count).